The predicted octanol–water partition coefficient (Wildman–Crippen LogP) is 4.50. The molecule has 0 spiro atoms. The molecule has 7 nitrogen and oxygen atoms in total. The zero-order valence-electron chi connectivity index (χ0n) is 16.3. The maximum absolute atomic E-state index is 12.9. The first kappa shape index (κ1) is 19.9. The summed E-state index contributed by atoms with van der Waals surface area (Å²) in [6.45, 7) is 3.97. The molecule has 8 heteroatoms. The molecule has 30 heavy (non-hydrogen) atoms. The van der Waals surface area contributed by atoms with Crippen molar-refractivity contribution in [3.63, 3.8) is 0 Å². The van der Waals surface area contributed by atoms with Gasteiger partial charge in [-0.1, -0.05) is 34.1 Å². The molecule has 1 aromatic heterocycles. The number of aliphatic carboxylic acids is 1. The largest absolute Gasteiger partial charge is 0.477 e. The van der Waals surface area contributed by atoms with Crippen molar-refractivity contribution in [2.45, 2.75) is 19.9 Å². The summed E-state index contributed by atoms with van der Waals surface area (Å²) in [6, 6.07) is 12.7. The van der Waals surface area contributed by atoms with Crippen LogP contribution in [-0.2, 0) is 4.79 Å². The van der Waals surface area contributed by atoms with Gasteiger partial charge < -0.3 is 15.7 Å². The van der Waals surface area contributed by atoms with Crippen molar-refractivity contribution in [3.8, 4) is 0 Å². The summed E-state index contributed by atoms with van der Waals surface area (Å²) in [6.07, 6.45) is 3.03. The number of aromatic nitrogens is 2. The van der Waals surface area contributed by atoms with Gasteiger partial charge in [0.2, 0.25) is 0 Å². The zero-order chi connectivity index (χ0) is 21.4. The lowest BCUT2D eigenvalue weighted by Gasteiger charge is -2.24. The number of carbonyl (C=O) groups is 2. The minimum atomic E-state index is -1.11. The molecule has 0 unspecified atom stereocenters. The monoisotopic (exact) mass is 466 g/mol. The van der Waals surface area contributed by atoms with Gasteiger partial charge in [-0.15, -0.1) is 0 Å². The molecule has 0 radical (unpaired) electrons. The van der Waals surface area contributed by atoms with E-state index in [1.165, 1.54) is 6.20 Å². The molecule has 0 saturated heterocycles. The van der Waals surface area contributed by atoms with E-state index in [1.54, 1.807) is 10.8 Å². The number of rotatable bonds is 4. The van der Waals surface area contributed by atoms with E-state index in [9.17, 15) is 14.7 Å². The first-order valence-corrected chi connectivity index (χ1v) is 10.1. The van der Waals surface area contributed by atoms with E-state index in [0.29, 0.717) is 11.5 Å². The molecule has 4 rings (SSSR count). The van der Waals surface area contributed by atoms with Gasteiger partial charge in [-0.2, -0.15) is 5.10 Å². The fourth-order valence-electron chi connectivity index (χ4n) is 3.30. The lowest BCUT2D eigenvalue weighted by atomic mass is 10.0. The summed E-state index contributed by atoms with van der Waals surface area (Å²) in [7, 11) is 0. The molecule has 0 aliphatic carbocycles. The summed E-state index contributed by atoms with van der Waals surface area (Å²) in [4.78, 5) is 24.6. The number of carboxylic acid groups (broad SMARTS) is 1. The summed E-state index contributed by atoms with van der Waals surface area (Å²) in [5.41, 5.74) is 3.97. The SMILES string of the molecule is Cc1ccc(NC(=O)c2cnn3c2NC(C(=O)O)=C[C@@H]3c2ccc(Br)cc2)cc1C. The number of nitrogens with zero attached hydrogens (tertiary/aromatic N) is 2. The van der Waals surface area contributed by atoms with E-state index in [4.69, 9.17) is 0 Å². The molecule has 2 heterocycles. The smallest absolute Gasteiger partial charge is 0.352 e. The third-order valence-corrected chi connectivity index (χ3v) is 5.62. The van der Waals surface area contributed by atoms with E-state index < -0.39 is 12.0 Å². The zero-order valence-corrected chi connectivity index (χ0v) is 17.9. The van der Waals surface area contributed by atoms with E-state index in [-0.39, 0.29) is 17.2 Å². The number of anilines is 2. The summed E-state index contributed by atoms with van der Waals surface area (Å²) >= 11 is 3.40. The van der Waals surface area contributed by atoms with Crippen LogP contribution in [0.15, 0.2) is 64.9 Å². The number of fused-ring (bicyclic) bond motifs is 1. The first-order chi connectivity index (χ1) is 14.3. The maximum Gasteiger partial charge on any atom is 0.352 e. The van der Waals surface area contributed by atoms with E-state index >= 15 is 0 Å². The number of carboxylic acids is 1. The number of amides is 1. The van der Waals surface area contributed by atoms with Crippen LogP contribution in [0.25, 0.3) is 0 Å². The van der Waals surface area contributed by atoms with Gasteiger partial charge >= 0.3 is 5.97 Å². The second-order valence-electron chi connectivity index (χ2n) is 7.11. The summed E-state index contributed by atoms with van der Waals surface area (Å²) < 4.78 is 2.53. The van der Waals surface area contributed by atoms with Gasteiger partial charge in [0.1, 0.15) is 17.1 Å². The van der Waals surface area contributed by atoms with Gasteiger partial charge in [0.25, 0.3) is 5.91 Å². The molecule has 1 amide bonds. The fraction of sp³-hybridized carbons (Fsp3) is 0.136. The minimum absolute atomic E-state index is 0.00357. The average Bonchev–Trinajstić information content (AvgIpc) is 3.15. The second kappa shape index (κ2) is 7.79. The number of halogens is 1. The van der Waals surface area contributed by atoms with Crippen molar-refractivity contribution in [1.82, 2.24) is 9.78 Å². The van der Waals surface area contributed by atoms with Crippen LogP contribution in [0.1, 0.15) is 33.1 Å². The minimum Gasteiger partial charge on any atom is -0.477 e. The van der Waals surface area contributed by atoms with Crippen LogP contribution in [0.4, 0.5) is 11.5 Å². The van der Waals surface area contributed by atoms with Gasteiger partial charge in [-0.25, -0.2) is 9.48 Å². The molecule has 3 N–H and O–H groups in total. The Bertz CT molecular complexity index is 1180. The summed E-state index contributed by atoms with van der Waals surface area (Å²) in [5, 5.41) is 19.6. The van der Waals surface area contributed by atoms with Crippen LogP contribution in [0.5, 0.6) is 0 Å². The number of allylic oxidation sites excluding steroid dienone is 1. The van der Waals surface area contributed by atoms with Crippen molar-refractivity contribution in [2.24, 2.45) is 0 Å². The second-order valence-corrected chi connectivity index (χ2v) is 8.03. The van der Waals surface area contributed by atoms with Gasteiger partial charge in [0.15, 0.2) is 0 Å². The molecular formula is C22H19BrN4O3. The van der Waals surface area contributed by atoms with Crippen molar-refractivity contribution < 1.29 is 14.7 Å². The predicted molar refractivity (Wildman–Crippen MR) is 118 cm³/mol. The van der Waals surface area contributed by atoms with Crippen LogP contribution in [0.2, 0.25) is 0 Å². The molecule has 1 aliphatic rings. The Hall–Kier alpha value is -3.39. The van der Waals surface area contributed by atoms with Crippen molar-refractivity contribution in [2.75, 3.05) is 10.6 Å². The Morgan fingerprint density at radius 3 is 2.53 bits per heavy atom. The lowest BCUT2D eigenvalue weighted by Crippen LogP contribution is -2.25. The van der Waals surface area contributed by atoms with Crippen LogP contribution in [-0.4, -0.2) is 26.8 Å². The maximum atomic E-state index is 12.9. The van der Waals surface area contributed by atoms with Crippen molar-refractivity contribution >= 4 is 39.3 Å². The topological polar surface area (TPSA) is 96.3 Å². The number of benzene rings is 2. The number of hydrogen-bond acceptors (Lipinski definition) is 4. The van der Waals surface area contributed by atoms with E-state index in [1.807, 2.05) is 56.3 Å². The Balaban J connectivity index is 1.70. The normalized spacial score (nSPS) is 15.0. The number of hydrogen-bond donors (Lipinski definition) is 3. The van der Waals surface area contributed by atoms with E-state index in [0.717, 1.165) is 21.2 Å². The number of nitrogens with one attached hydrogen (secondary N) is 2. The van der Waals surface area contributed by atoms with Crippen molar-refractivity contribution in [3.05, 3.63) is 87.2 Å². The van der Waals surface area contributed by atoms with Crippen LogP contribution < -0.4 is 10.6 Å². The Morgan fingerprint density at radius 2 is 1.87 bits per heavy atom. The molecule has 3 aromatic rings. The van der Waals surface area contributed by atoms with Crippen LogP contribution >= 0.6 is 15.9 Å². The standard InChI is InChI=1S/C22H19BrN4O3/c1-12-3-8-16(9-13(12)2)25-21(28)17-11-24-27-19(14-4-6-15(23)7-5-14)10-18(22(29)30)26-20(17)27/h3-11,19,26H,1-2H3,(H,25,28)(H,29,30)/t19-/m1/s1. The molecule has 0 fully saturated rings. The molecule has 0 bridgehead atoms. The molecular weight excluding hydrogens is 448 g/mol. The Morgan fingerprint density at radius 1 is 1.13 bits per heavy atom. The fourth-order valence-corrected chi connectivity index (χ4v) is 3.57. The molecule has 1 aliphatic heterocycles. The molecule has 1 atom stereocenters. The molecule has 152 valence electrons. The average molecular weight is 467 g/mol. The molecule has 0 saturated carbocycles. The Labute approximate surface area is 181 Å². The number of carbonyl (C=O) groups excluding carboxylic acids is 1. The highest BCUT2D eigenvalue weighted by Crippen LogP contribution is 2.33. The van der Waals surface area contributed by atoms with Gasteiger partial charge in [0.05, 0.1) is 12.2 Å². The van der Waals surface area contributed by atoms with Gasteiger partial charge in [0, 0.05) is 10.2 Å². The third kappa shape index (κ3) is 3.73. The highest BCUT2D eigenvalue weighted by atomic mass is 79.9. The lowest BCUT2D eigenvalue weighted by molar-refractivity contribution is -0.132. The van der Waals surface area contributed by atoms with Crippen molar-refractivity contribution in [1.29, 1.82) is 0 Å². The third-order valence-electron chi connectivity index (χ3n) is 5.09. The highest BCUT2D eigenvalue weighted by Gasteiger charge is 2.29. The summed E-state index contributed by atoms with van der Waals surface area (Å²) in [5.74, 6) is -1.14. The molecule has 2 aromatic carbocycles. The van der Waals surface area contributed by atoms with Gasteiger partial charge in [-0.05, 0) is 60.9 Å². The van der Waals surface area contributed by atoms with Crippen LogP contribution in [0.3, 0.4) is 0 Å². The number of aryl methyl sites for hydroxylation is 2. The quantitative estimate of drug-likeness (QED) is 0.525. The Kier molecular flexibility index (Phi) is 5.17. The van der Waals surface area contributed by atoms with E-state index in [2.05, 4.69) is 31.7 Å². The highest BCUT2D eigenvalue weighted by molar-refractivity contribution is 9.10. The van der Waals surface area contributed by atoms with Crippen LogP contribution in [0, 0.1) is 13.8 Å². The first-order valence-electron chi connectivity index (χ1n) is 9.27. The van der Waals surface area contributed by atoms with Gasteiger partial charge in [-0.3, -0.25) is 4.79 Å².